The van der Waals surface area contributed by atoms with Crippen LogP contribution < -0.4 is 9.47 Å². The molecule has 0 aliphatic heterocycles. The molecule has 1 N–H and O–H groups in total. The molecule has 0 radical (unpaired) electrons. The molecule has 48 heavy (non-hydrogen) atoms. The maximum atomic E-state index is 13.5. The quantitative estimate of drug-likeness (QED) is 0.0604. The van der Waals surface area contributed by atoms with Gasteiger partial charge in [-0.2, -0.15) is 0 Å². The first-order valence-corrected chi connectivity index (χ1v) is 16.6. The van der Waals surface area contributed by atoms with Crippen molar-refractivity contribution in [2.24, 2.45) is 39.8 Å². The topological polar surface area (TPSA) is 147 Å². The Morgan fingerprint density at radius 1 is 1.08 bits per heavy atom. The highest BCUT2D eigenvalue weighted by Crippen LogP contribution is 2.66. The van der Waals surface area contributed by atoms with Crippen molar-refractivity contribution in [3.05, 3.63) is 70.7 Å². The highest BCUT2D eigenvalue weighted by atomic mass is 16.7. The van der Waals surface area contributed by atoms with Gasteiger partial charge in [-0.1, -0.05) is 50.3 Å². The van der Waals surface area contributed by atoms with E-state index < -0.39 is 24.8 Å². The number of hydrogen-bond donors (Lipinski definition) is 1. The van der Waals surface area contributed by atoms with Crippen molar-refractivity contribution in [3.63, 3.8) is 0 Å². The molecule has 1 aromatic rings. The Balaban J connectivity index is 1.14. The SMILES string of the molecule is C=C1C=CC2(C)C(=C1)CCC1C2C(O)CC2(C)C(C(=O)COC(=O)Oc3ccc(/C=C/C(=O)OCCCCON=O)cc3OC)CCC12. The minimum atomic E-state index is -1.03. The third-order valence-electron chi connectivity index (χ3n) is 11.0. The minimum absolute atomic E-state index is 0.0928. The van der Waals surface area contributed by atoms with Crippen molar-refractivity contribution < 1.29 is 43.3 Å². The standard InChI is InChI=1S/C37H45NO10/c1-23-15-16-36(2)25(19-23)9-10-26-27-11-12-28(37(27,3)21-29(39)34(26)36)30(40)22-46-35(42)48-31-13-7-24(20-32(31)44-4)8-14-33(41)45-17-5-6-18-47-38-43/h7-8,13-16,19-20,26-29,34,39H,1,5-6,9-12,17-18,21-22H2,2-4H3/b14-8+. The zero-order chi connectivity index (χ0) is 34.5. The summed E-state index contributed by atoms with van der Waals surface area (Å²) < 4.78 is 21.1. The van der Waals surface area contributed by atoms with Gasteiger partial charge in [0, 0.05) is 23.3 Å². The van der Waals surface area contributed by atoms with Crippen LogP contribution in [-0.2, 0) is 23.9 Å². The highest BCUT2D eigenvalue weighted by molar-refractivity contribution is 5.87. The van der Waals surface area contributed by atoms with E-state index in [-0.39, 0.29) is 53.2 Å². The summed E-state index contributed by atoms with van der Waals surface area (Å²) in [7, 11) is 1.41. The van der Waals surface area contributed by atoms with Crippen molar-refractivity contribution in [1.82, 2.24) is 0 Å². The van der Waals surface area contributed by atoms with E-state index in [0.717, 1.165) is 24.8 Å². The summed E-state index contributed by atoms with van der Waals surface area (Å²) in [6.07, 6.45) is 12.8. The van der Waals surface area contributed by atoms with E-state index in [9.17, 15) is 24.4 Å². The van der Waals surface area contributed by atoms with Gasteiger partial charge < -0.3 is 28.9 Å². The first kappa shape index (κ1) is 35.1. The fourth-order valence-electron chi connectivity index (χ4n) is 8.84. The van der Waals surface area contributed by atoms with E-state index >= 15 is 0 Å². The molecule has 4 aliphatic carbocycles. The van der Waals surface area contributed by atoms with Gasteiger partial charge >= 0.3 is 12.1 Å². The molecule has 11 nitrogen and oxygen atoms in total. The number of ketones is 1. The first-order chi connectivity index (χ1) is 23.0. The van der Waals surface area contributed by atoms with Crippen LogP contribution in [0, 0.1) is 39.4 Å². The zero-order valence-electron chi connectivity index (χ0n) is 27.9. The fourth-order valence-corrected chi connectivity index (χ4v) is 8.84. The number of unbranched alkanes of at least 4 members (excludes halogenated alkanes) is 1. The number of esters is 1. The van der Waals surface area contributed by atoms with Crippen LogP contribution in [0.3, 0.4) is 0 Å². The van der Waals surface area contributed by atoms with E-state index in [1.165, 1.54) is 30.9 Å². The van der Waals surface area contributed by atoms with Crippen LogP contribution in [0.1, 0.15) is 64.4 Å². The molecule has 0 spiro atoms. The molecule has 0 bridgehead atoms. The number of hydrogen-bond acceptors (Lipinski definition) is 11. The molecule has 258 valence electrons. The summed E-state index contributed by atoms with van der Waals surface area (Å²) in [5.74, 6) is -0.0153. The number of rotatable bonds is 13. The number of nitrogens with zero attached hydrogens (tertiary/aromatic N) is 1. The first-order valence-electron chi connectivity index (χ1n) is 16.6. The molecule has 1 aromatic carbocycles. The number of aliphatic hydroxyl groups is 1. The Labute approximate surface area is 280 Å². The summed E-state index contributed by atoms with van der Waals surface area (Å²) in [5.41, 5.74) is 2.33. The van der Waals surface area contributed by atoms with Gasteiger partial charge in [-0.3, -0.25) is 4.79 Å². The third-order valence-corrected chi connectivity index (χ3v) is 11.0. The molecule has 0 heterocycles. The Morgan fingerprint density at radius 2 is 1.88 bits per heavy atom. The lowest BCUT2D eigenvalue weighted by Crippen LogP contribution is -2.56. The third kappa shape index (κ3) is 7.26. The summed E-state index contributed by atoms with van der Waals surface area (Å²) in [6.45, 7) is 8.38. The van der Waals surface area contributed by atoms with Crippen molar-refractivity contribution >= 4 is 24.0 Å². The highest BCUT2D eigenvalue weighted by Gasteiger charge is 2.62. The number of aliphatic hydroxyl groups excluding tert-OH is 1. The van der Waals surface area contributed by atoms with Crippen LogP contribution >= 0.6 is 0 Å². The summed E-state index contributed by atoms with van der Waals surface area (Å²) in [5, 5.41) is 13.9. The molecule has 4 aliphatic rings. The van der Waals surface area contributed by atoms with E-state index in [1.807, 2.05) is 0 Å². The monoisotopic (exact) mass is 663 g/mol. The van der Waals surface area contributed by atoms with Crippen LogP contribution in [0.25, 0.3) is 6.08 Å². The predicted molar refractivity (Wildman–Crippen MR) is 177 cm³/mol. The Morgan fingerprint density at radius 3 is 2.65 bits per heavy atom. The Kier molecular flexibility index (Phi) is 10.9. The van der Waals surface area contributed by atoms with E-state index in [4.69, 9.17) is 18.9 Å². The molecule has 11 heteroatoms. The molecule has 3 saturated carbocycles. The second kappa shape index (κ2) is 14.9. The molecule has 0 amide bonds. The average molecular weight is 664 g/mol. The van der Waals surface area contributed by atoms with Gasteiger partial charge in [-0.25, -0.2) is 9.59 Å². The van der Waals surface area contributed by atoms with Crippen LogP contribution in [0.2, 0.25) is 0 Å². The smallest absolute Gasteiger partial charge is 0.493 e. The number of allylic oxidation sites excluding steroid dienone is 5. The number of carbonyl (C=O) groups excluding carboxylic acids is 3. The summed E-state index contributed by atoms with van der Waals surface area (Å²) in [6, 6.07) is 4.69. The van der Waals surface area contributed by atoms with E-state index in [1.54, 1.807) is 12.1 Å². The van der Waals surface area contributed by atoms with Crippen molar-refractivity contribution in [2.75, 3.05) is 26.9 Å². The average Bonchev–Trinajstić information content (AvgIpc) is 3.41. The van der Waals surface area contributed by atoms with Gasteiger partial charge in [0.2, 0.25) is 0 Å². The van der Waals surface area contributed by atoms with Gasteiger partial charge in [0.25, 0.3) is 0 Å². The van der Waals surface area contributed by atoms with Gasteiger partial charge in [-0.15, -0.1) is 4.91 Å². The minimum Gasteiger partial charge on any atom is -0.493 e. The lowest BCUT2D eigenvalue weighted by molar-refractivity contribution is -0.141. The van der Waals surface area contributed by atoms with Crippen LogP contribution in [0.15, 0.2) is 65.6 Å². The second-order valence-corrected chi connectivity index (χ2v) is 13.7. The van der Waals surface area contributed by atoms with Gasteiger partial charge in [0.1, 0.15) is 6.61 Å². The maximum absolute atomic E-state index is 13.5. The van der Waals surface area contributed by atoms with Gasteiger partial charge in [0.05, 0.1) is 19.8 Å². The molecule has 7 unspecified atom stereocenters. The Bertz CT molecular complexity index is 1510. The number of fused-ring (bicyclic) bond motifs is 5. The molecule has 0 saturated heterocycles. The fraction of sp³-hybridized carbons (Fsp3) is 0.541. The molecule has 0 aromatic heterocycles. The Hall–Kier alpha value is -4.25. The second-order valence-electron chi connectivity index (χ2n) is 13.7. The summed E-state index contributed by atoms with van der Waals surface area (Å²) >= 11 is 0. The molecule has 7 atom stereocenters. The van der Waals surface area contributed by atoms with Gasteiger partial charge in [0.15, 0.2) is 29.2 Å². The van der Waals surface area contributed by atoms with E-state index in [0.29, 0.717) is 43.1 Å². The van der Waals surface area contributed by atoms with Gasteiger partial charge in [-0.05, 0) is 91.5 Å². The maximum Gasteiger partial charge on any atom is 0.514 e. The summed E-state index contributed by atoms with van der Waals surface area (Å²) in [4.78, 5) is 52.4. The van der Waals surface area contributed by atoms with Crippen molar-refractivity contribution in [2.45, 2.75) is 64.9 Å². The van der Waals surface area contributed by atoms with E-state index in [2.05, 4.69) is 48.8 Å². The number of ether oxygens (including phenoxy) is 4. The van der Waals surface area contributed by atoms with Crippen LogP contribution in [-0.4, -0.2) is 56.0 Å². The van der Waals surface area contributed by atoms with Crippen molar-refractivity contribution in [1.29, 1.82) is 0 Å². The lowest BCUT2D eigenvalue weighted by Gasteiger charge is -2.58. The van der Waals surface area contributed by atoms with Crippen molar-refractivity contribution in [3.8, 4) is 11.5 Å². The molecular formula is C37H45NO10. The lowest BCUT2D eigenvalue weighted by atomic mass is 9.46. The molecular weight excluding hydrogens is 618 g/mol. The molecule has 5 rings (SSSR count). The molecule has 3 fully saturated rings. The number of methoxy groups -OCH3 is 1. The van der Waals surface area contributed by atoms with Crippen LogP contribution in [0.4, 0.5) is 4.79 Å². The number of Topliss-reactive ketones (excluding diaryl/α,β-unsaturated/α-hetero) is 1. The van der Waals surface area contributed by atoms with Crippen LogP contribution in [0.5, 0.6) is 11.5 Å². The number of carbonyl (C=O) groups is 3. The largest absolute Gasteiger partial charge is 0.514 e. The normalized spacial score (nSPS) is 30.4. The number of benzene rings is 1. The predicted octanol–water partition coefficient (Wildman–Crippen LogP) is 6.70. The zero-order valence-corrected chi connectivity index (χ0v) is 27.9.